The van der Waals surface area contributed by atoms with E-state index in [0.717, 1.165) is 28.6 Å². The van der Waals surface area contributed by atoms with Crippen molar-refractivity contribution in [2.45, 2.75) is 37.6 Å². The fourth-order valence-electron chi connectivity index (χ4n) is 4.90. The quantitative estimate of drug-likeness (QED) is 0.649. The number of hydrogen-bond donors (Lipinski definition) is 0. The van der Waals surface area contributed by atoms with Crippen LogP contribution in [0.5, 0.6) is 17.2 Å². The topological polar surface area (TPSA) is 48.0 Å². The SMILES string of the molecule is COc1cc2c(cc1OC)C1(CCCC1)CN(C(=O)c1cc(Br)ccc1OC)C2. The number of carbonyl (C=O) groups is 1. The maximum absolute atomic E-state index is 13.5. The third-order valence-corrected chi connectivity index (χ3v) is 6.77. The van der Waals surface area contributed by atoms with E-state index in [2.05, 4.69) is 22.0 Å². The van der Waals surface area contributed by atoms with Gasteiger partial charge in [-0.1, -0.05) is 28.8 Å². The molecule has 0 aromatic heterocycles. The zero-order valence-corrected chi connectivity index (χ0v) is 18.7. The van der Waals surface area contributed by atoms with Crippen LogP contribution >= 0.6 is 15.9 Å². The lowest BCUT2D eigenvalue weighted by Gasteiger charge is -2.42. The van der Waals surface area contributed by atoms with E-state index < -0.39 is 0 Å². The van der Waals surface area contributed by atoms with Gasteiger partial charge < -0.3 is 19.1 Å². The lowest BCUT2D eigenvalue weighted by Crippen LogP contribution is -2.46. The Kier molecular flexibility index (Phi) is 5.47. The molecule has 2 aliphatic rings. The van der Waals surface area contributed by atoms with Gasteiger partial charge in [-0.2, -0.15) is 0 Å². The molecule has 154 valence electrons. The molecule has 1 aliphatic carbocycles. The zero-order valence-electron chi connectivity index (χ0n) is 17.1. The number of hydrogen-bond acceptors (Lipinski definition) is 4. The van der Waals surface area contributed by atoms with Crippen molar-refractivity contribution in [1.29, 1.82) is 0 Å². The molecule has 0 unspecified atom stereocenters. The predicted molar refractivity (Wildman–Crippen MR) is 115 cm³/mol. The molecule has 1 amide bonds. The van der Waals surface area contributed by atoms with E-state index in [1.165, 1.54) is 18.4 Å². The smallest absolute Gasteiger partial charge is 0.257 e. The Morgan fingerprint density at radius 3 is 2.28 bits per heavy atom. The van der Waals surface area contributed by atoms with E-state index in [0.29, 0.717) is 30.2 Å². The van der Waals surface area contributed by atoms with Crippen LogP contribution in [0.25, 0.3) is 0 Å². The summed E-state index contributed by atoms with van der Waals surface area (Å²) in [6, 6.07) is 9.71. The van der Waals surface area contributed by atoms with Crippen LogP contribution in [0.4, 0.5) is 0 Å². The van der Waals surface area contributed by atoms with Gasteiger partial charge in [0.25, 0.3) is 5.91 Å². The van der Waals surface area contributed by atoms with Crippen LogP contribution in [0, 0.1) is 0 Å². The highest BCUT2D eigenvalue weighted by molar-refractivity contribution is 9.10. The van der Waals surface area contributed by atoms with E-state index in [4.69, 9.17) is 14.2 Å². The van der Waals surface area contributed by atoms with Crippen molar-refractivity contribution in [3.63, 3.8) is 0 Å². The fourth-order valence-corrected chi connectivity index (χ4v) is 5.26. The summed E-state index contributed by atoms with van der Waals surface area (Å²) in [5, 5.41) is 0. The first-order chi connectivity index (χ1) is 14.0. The maximum Gasteiger partial charge on any atom is 0.257 e. The second kappa shape index (κ2) is 7.90. The highest BCUT2D eigenvalue weighted by Gasteiger charge is 2.44. The molecule has 4 rings (SSSR count). The minimum Gasteiger partial charge on any atom is -0.496 e. The summed E-state index contributed by atoms with van der Waals surface area (Å²) in [7, 11) is 4.92. The van der Waals surface area contributed by atoms with Crippen LogP contribution in [0.3, 0.4) is 0 Å². The highest BCUT2D eigenvalue weighted by Crippen LogP contribution is 2.49. The molecule has 6 heteroatoms. The van der Waals surface area contributed by atoms with Gasteiger partial charge in [-0.05, 0) is 54.3 Å². The predicted octanol–water partition coefficient (Wildman–Crippen LogP) is 4.94. The summed E-state index contributed by atoms with van der Waals surface area (Å²) in [6.45, 7) is 1.26. The third-order valence-electron chi connectivity index (χ3n) is 6.28. The lowest BCUT2D eigenvalue weighted by molar-refractivity contribution is 0.0666. The third kappa shape index (κ3) is 3.48. The number of amides is 1. The van der Waals surface area contributed by atoms with Gasteiger partial charge in [-0.15, -0.1) is 0 Å². The van der Waals surface area contributed by atoms with E-state index in [1.54, 1.807) is 21.3 Å². The number of rotatable bonds is 4. The van der Waals surface area contributed by atoms with Crippen LogP contribution in [0.1, 0.15) is 47.2 Å². The van der Waals surface area contributed by atoms with Gasteiger partial charge in [0.2, 0.25) is 0 Å². The standard InChI is InChI=1S/C23H26BrNO4/c1-27-19-7-6-16(24)11-17(19)22(26)25-13-15-10-20(28-2)21(29-3)12-18(15)23(14-25)8-4-5-9-23/h6-7,10-12H,4-5,8-9,13-14H2,1-3H3. The number of ether oxygens (including phenoxy) is 3. The van der Waals surface area contributed by atoms with E-state index in [1.807, 2.05) is 29.2 Å². The number of carbonyl (C=O) groups excluding carboxylic acids is 1. The van der Waals surface area contributed by atoms with E-state index in [-0.39, 0.29) is 11.3 Å². The summed E-state index contributed by atoms with van der Waals surface area (Å²) in [5.41, 5.74) is 3.00. The molecular weight excluding hydrogens is 434 g/mol. The maximum atomic E-state index is 13.5. The molecule has 0 radical (unpaired) electrons. The van der Waals surface area contributed by atoms with Crippen LogP contribution in [-0.4, -0.2) is 38.7 Å². The Balaban J connectivity index is 1.77. The van der Waals surface area contributed by atoms with Gasteiger partial charge in [-0.3, -0.25) is 4.79 Å². The van der Waals surface area contributed by atoms with Crippen molar-refractivity contribution in [3.05, 3.63) is 51.5 Å². The molecule has 1 heterocycles. The first-order valence-electron chi connectivity index (χ1n) is 9.89. The Bertz CT molecular complexity index is 937. The largest absolute Gasteiger partial charge is 0.496 e. The summed E-state index contributed by atoms with van der Waals surface area (Å²) in [5.74, 6) is 2.05. The molecule has 0 N–H and O–H groups in total. The number of nitrogens with zero attached hydrogens (tertiary/aromatic N) is 1. The Morgan fingerprint density at radius 1 is 0.966 bits per heavy atom. The van der Waals surface area contributed by atoms with E-state index in [9.17, 15) is 4.79 Å². The molecule has 2 aromatic rings. The molecule has 5 nitrogen and oxygen atoms in total. The number of halogens is 1. The van der Waals surface area contributed by atoms with Gasteiger partial charge in [0, 0.05) is 23.0 Å². The van der Waals surface area contributed by atoms with Crippen molar-refractivity contribution < 1.29 is 19.0 Å². The molecule has 1 saturated carbocycles. The first-order valence-corrected chi connectivity index (χ1v) is 10.7. The number of benzene rings is 2. The monoisotopic (exact) mass is 459 g/mol. The lowest BCUT2D eigenvalue weighted by atomic mass is 9.73. The van der Waals surface area contributed by atoms with E-state index >= 15 is 0 Å². The van der Waals surface area contributed by atoms with Gasteiger partial charge in [0.1, 0.15) is 5.75 Å². The average Bonchev–Trinajstić information content (AvgIpc) is 3.20. The molecule has 0 bridgehead atoms. The van der Waals surface area contributed by atoms with Gasteiger partial charge in [0.05, 0.1) is 26.9 Å². The van der Waals surface area contributed by atoms with Gasteiger partial charge in [-0.25, -0.2) is 0 Å². The molecule has 1 aliphatic heterocycles. The minimum atomic E-state index is -0.0258. The van der Waals surface area contributed by atoms with Crippen molar-refractivity contribution in [1.82, 2.24) is 4.90 Å². The normalized spacial score (nSPS) is 17.2. The Morgan fingerprint density at radius 2 is 1.62 bits per heavy atom. The molecule has 0 atom stereocenters. The van der Waals surface area contributed by atoms with Crippen molar-refractivity contribution in [2.24, 2.45) is 0 Å². The number of methoxy groups -OCH3 is 3. The fraction of sp³-hybridized carbons (Fsp3) is 0.435. The zero-order chi connectivity index (χ0) is 20.6. The summed E-state index contributed by atoms with van der Waals surface area (Å²) in [6.07, 6.45) is 4.51. The second-order valence-corrected chi connectivity index (χ2v) is 8.77. The van der Waals surface area contributed by atoms with Crippen molar-refractivity contribution >= 4 is 21.8 Å². The molecule has 0 saturated heterocycles. The van der Waals surface area contributed by atoms with Crippen molar-refractivity contribution in [2.75, 3.05) is 27.9 Å². The van der Waals surface area contributed by atoms with Crippen molar-refractivity contribution in [3.8, 4) is 17.2 Å². The van der Waals surface area contributed by atoms with Crippen LogP contribution in [0.2, 0.25) is 0 Å². The van der Waals surface area contributed by atoms with Crippen LogP contribution in [0.15, 0.2) is 34.8 Å². The summed E-state index contributed by atoms with van der Waals surface area (Å²) in [4.78, 5) is 15.5. The van der Waals surface area contributed by atoms with Gasteiger partial charge in [0.15, 0.2) is 11.5 Å². The molecule has 29 heavy (non-hydrogen) atoms. The molecular formula is C23H26BrNO4. The first kappa shape index (κ1) is 20.1. The molecule has 2 aromatic carbocycles. The summed E-state index contributed by atoms with van der Waals surface area (Å²) < 4.78 is 17.4. The highest BCUT2D eigenvalue weighted by atomic mass is 79.9. The minimum absolute atomic E-state index is 0.00476. The van der Waals surface area contributed by atoms with Gasteiger partial charge >= 0.3 is 0 Å². The number of fused-ring (bicyclic) bond motifs is 2. The second-order valence-electron chi connectivity index (χ2n) is 7.86. The van der Waals surface area contributed by atoms with Crippen LogP contribution < -0.4 is 14.2 Å². The Hall–Kier alpha value is -2.21. The van der Waals surface area contributed by atoms with Crippen LogP contribution in [-0.2, 0) is 12.0 Å². The summed E-state index contributed by atoms with van der Waals surface area (Å²) >= 11 is 3.48. The Labute approximate surface area is 180 Å². The molecule has 1 fully saturated rings. The molecule has 1 spiro atoms. The average molecular weight is 460 g/mol.